The minimum atomic E-state index is 0.343. The van der Waals surface area contributed by atoms with Crippen LogP contribution in [0.25, 0.3) is 0 Å². The topological polar surface area (TPSA) is 58.1 Å². The summed E-state index contributed by atoms with van der Waals surface area (Å²) in [6.45, 7) is 4.96. The van der Waals surface area contributed by atoms with Crippen LogP contribution in [0, 0.1) is 0 Å². The zero-order valence-electron chi connectivity index (χ0n) is 16.7. The van der Waals surface area contributed by atoms with Gasteiger partial charge in [-0.15, -0.1) is 0 Å². The van der Waals surface area contributed by atoms with Crippen molar-refractivity contribution in [2.24, 2.45) is 4.99 Å². The smallest absolute Gasteiger partial charge is 0.191 e. The van der Waals surface area contributed by atoms with Gasteiger partial charge in [0, 0.05) is 26.7 Å². The van der Waals surface area contributed by atoms with Gasteiger partial charge in [0.25, 0.3) is 0 Å². The highest BCUT2D eigenvalue weighted by molar-refractivity contribution is 5.79. The summed E-state index contributed by atoms with van der Waals surface area (Å²) in [7, 11) is 3.54. The normalized spacial score (nSPS) is 22.0. The van der Waals surface area contributed by atoms with Gasteiger partial charge in [-0.2, -0.15) is 0 Å². The molecule has 27 heavy (non-hydrogen) atoms. The van der Waals surface area contributed by atoms with E-state index in [0.29, 0.717) is 12.1 Å². The molecule has 0 bridgehead atoms. The van der Waals surface area contributed by atoms with Gasteiger partial charge < -0.3 is 20.1 Å². The molecule has 0 amide bonds. The molecule has 2 aliphatic rings. The van der Waals surface area contributed by atoms with Gasteiger partial charge in [-0.1, -0.05) is 12.1 Å². The molecule has 6 heteroatoms. The Balaban J connectivity index is 1.53. The van der Waals surface area contributed by atoms with Gasteiger partial charge in [0.05, 0.1) is 19.3 Å². The third kappa shape index (κ3) is 5.84. The van der Waals surface area contributed by atoms with Crippen LogP contribution in [0.1, 0.15) is 43.7 Å². The zero-order valence-corrected chi connectivity index (χ0v) is 16.7. The van der Waals surface area contributed by atoms with Crippen molar-refractivity contribution in [2.45, 2.75) is 44.2 Å². The predicted molar refractivity (Wildman–Crippen MR) is 109 cm³/mol. The largest absolute Gasteiger partial charge is 0.497 e. The molecule has 1 aromatic rings. The van der Waals surface area contributed by atoms with Crippen molar-refractivity contribution in [3.63, 3.8) is 0 Å². The lowest BCUT2D eigenvalue weighted by molar-refractivity contribution is 0.105. The van der Waals surface area contributed by atoms with Gasteiger partial charge in [-0.3, -0.25) is 9.89 Å². The molecular weight excluding hydrogens is 340 g/mol. The highest BCUT2D eigenvalue weighted by Gasteiger charge is 2.24. The lowest BCUT2D eigenvalue weighted by Crippen LogP contribution is -2.43. The summed E-state index contributed by atoms with van der Waals surface area (Å²) in [6, 6.07) is 8.80. The molecule has 2 aliphatic heterocycles. The van der Waals surface area contributed by atoms with Crippen molar-refractivity contribution in [3.05, 3.63) is 29.8 Å². The Morgan fingerprint density at radius 1 is 1.22 bits per heavy atom. The maximum absolute atomic E-state index is 5.69. The van der Waals surface area contributed by atoms with E-state index in [9.17, 15) is 0 Å². The Kier molecular flexibility index (Phi) is 7.78. The number of likely N-dealkylation sites (tertiary alicyclic amines) is 1. The monoisotopic (exact) mass is 374 g/mol. The van der Waals surface area contributed by atoms with E-state index >= 15 is 0 Å². The second-order valence-electron chi connectivity index (χ2n) is 7.34. The van der Waals surface area contributed by atoms with Crippen LogP contribution in [-0.2, 0) is 4.74 Å². The summed E-state index contributed by atoms with van der Waals surface area (Å²) in [6.07, 6.45) is 6.38. The summed E-state index contributed by atoms with van der Waals surface area (Å²) >= 11 is 0. The van der Waals surface area contributed by atoms with Gasteiger partial charge in [0.15, 0.2) is 5.96 Å². The van der Waals surface area contributed by atoms with Gasteiger partial charge in [0.2, 0.25) is 0 Å². The van der Waals surface area contributed by atoms with Crippen molar-refractivity contribution in [1.29, 1.82) is 0 Å². The van der Waals surface area contributed by atoms with Crippen molar-refractivity contribution >= 4 is 5.96 Å². The van der Waals surface area contributed by atoms with Crippen LogP contribution in [0.3, 0.4) is 0 Å². The molecule has 2 unspecified atom stereocenters. The van der Waals surface area contributed by atoms with Crippen LogP contribution in [0.4, 0.5) is 0 Å². The summed E-state index contributed by atoms with van der Waals surface area (Å²) in [5.41, 5.74) is 1.32. The highest BCUT2D eigenvalue weighted by atomic mass is 16.5. The predicted octanol–water partition coefficient (Wildman–Crippen LogP) is 2.57. The van der Waals surface area contributed by atoms with E-state index in [0.717, 1.165) is 50.9 Å². The first-order chi connectivity index (χ1) is 13.3. The van der Waals surface area contributed by atoms with E-state index in [2.05, 4.69) is 32.7 Å². The number of guanidine groups is 1. The summed E-state index contributed by atoms with van der Waals surface area (Å²) in [5, 5.41) is 6.96. The van der Waals surface area contributed by atoms with Crippen molar-refractivity contribution in [1.82, 2.24) is 15.5 Å². The van der Waals surface area contributed by atoms with Crippen molar-refractivity contribution in [2.75, 3.05) is 46.9 Å². The Labute approximate surface area is 163 Å². The van der Waals surface area contributed by atoms with Crippen molar-refractivity contribution < 1.29 is 9.47 Å². The molecule has 2 saturated heterocycles. The molecule has 0 spiro atoms. The van der Waals surface area contributed by atoms with Crippen LogP contribution in [0.15, 0.2) is 29.3 Å². The third-order valence-corrected chi connectivity index (χ3v) is 5.55. The number of methoxy groups -OCH3 is 1. The molecule has 2 atom stereocenters. The molecular formula is C21H34N4O2. The van der Waals surface area contributed by atoms with E-state index in [-0.39, 0.29) is 0 Å². The zero-order chi connectivity index (χ0) is 18.9. The molecule has 0 aliphatic carbocycles. The van der Waals surface area contributed by atoms with Crippen LogP contribution in [-0.4, -0.2) is 63.9 Å². The quantitative estimate of drug-likeness (QED) is 0.541. The second-order valence-corrected chi connectivity index (χ2v) is 7.34. The van der Waals surface area contributed by atoms with Gasteiger partial charge in [-0.25, -0.2) is 0 Å². The summed E-state index contributed by atoms with van der Waals surface area (Å²) < 4.78 is 11.0. The second kappa shape index (κ2) is 10.5. The standard InChI is InChI=1S/C21H34N4O2/c1-22-21(23-12-11-19-6-5-15-27-19)24-16-20(25-13-3-4-14-25)17-7-9-18(26-2)10-8-17/h7-10,19-20H,3-6,11-16H2,1-2H3,(H2,22,23,24). The van der Waals surface area contributed by atoms with Crippen LogP contribution < -0.4 is 15.4 Å². The lowest BCUT2D eigenvalue weighted by atomic mass is 10.1. The van der Waals surface area contributed by atoms with Gasteiger partial charge in [-0.05, 0) is 62.9 Å². The minimum absolute atomic E-state index is 0.343. The maximum Gasteiger partial charge on any atom is 0.191 e. The Bertz CT molecular complexity index is 578. The first-order valence-corrected chi connectivity index (χ1v) is 10.2. The van der Waals surface area contributed by atoms with E-state index in [4.69, 9.17) is 9.47 Å². The Morgan fingerprint density at radius 3 is 2.63 bits per heavy atom. The van der Waals surface area contributed by atoms with E-state index in [1.165, 1.54) is 31.2 Å². The van der Waals surface area contributed by atoms with E-state index in [1.54, 1.807) is 7.11 Å². The molecule has 6 nitrogen and oxygen atoms in total. The Hall–Kier alpha value is -1.79. The number of hydrogen-bond donors (Lipinski definition) is 2. The number of benzene rings is 1. The fraction of sp³-hybridized carbons (Fsp3) is 0.667. The summed E-state index contributed by atoms with van der Waals surface area (Å²) in [4.78, 5) is 6.95. The number of ether oxygens (including phenoxy) is 2. The third-order valence-electron chi connectivity index (χ3n) is 5.55. The molecule has 2 fully saturated rings. The molecule has 1 aromatic carbocycles. The van der Waals surface area contributed by atoms with E-state index in [1.807, 2.05) is 19.2 Å². The van der Waals surface area contributed by atoms with Crippen LogP contribution in [0.2, 0.25) is 0 Å². The van der Waals surface area contributed by atoms with Gasteiger partial charge >= 0.3 is 0 Å². The lowest BCUT2D eigenvalue weighted by Gasteiger charge is -2.29. The number of rotatable bonds is 8. The fourth-order valence-corrected chi connectivity index (χ4v) is 3.97. The molecule has 0 saturated carbocycles. The van der Waals surface area contributed by atoms with Crippen LogP contribution >= 0.6 is 0 Å². The average molecular weight is 375 g/mol. The molecule has 3 rings (SSSR count). The summed E-state index contributed by atoms with van der Waals surface area (Å²) in [5.74, 6) is 1.77. The first kappa shape index (κ1) is 20.0. The fourth-order valence-electron chi connectivity index (χ4n) is 3.97. The first-order valence-electron chi connectivity index (χ1n) is 10.2. The number of nitrogens with one attached hydrogen (secondary N) is 2. The number of hydrogen-bond acceptors (Lipinski definition) is 4. The highest BCUT2D eigenvalue weighted by Crippen LogP contribution is 2.26. The SMILES string of the molecule is CN=C(NCCC1CCCO1)NCC(c1ccc(OC)cc1)N1CCCC1. The van der Waals surface area contributed by atoms with Crippen LogP contribution in [0.5, 0.6) is 5.75 Å². The molecule has 0 radical (unpaired) electrons. The Morgan fingerprint density at radius 2 is 2.00 bits per heavy atom. The minimum Gasteiger partial charge on any atom is -0.497 e. The number of nitrogens with zero attached hydrogens (tertiary/aromatic N) is 2. The number of aliphatic imine (C=N–C) groups is 1. The van der Waals surface area contributed by atoms with Crippen molar-refractivity contribution in [3.8, 4) is 5.75 Å². The molecule has 0 aromatic heterocycles. The molecule has 2 N–H and O–H groups in total. The van der Waals surface area contributed by atoms with Gasteiger partial charge in [0.1, 0.15) is 5.75 Å². The molecule has 2 heterocycles. The molecule has 150 valence electrons. The van der Waals surface area contributed by atoms with E-state index < -0.39 is 0 Å². The maximum atomic E-state index is 5.69. The average Bonchev–Trinajstić information content (AvgIpc) is 3.41.